The zero-order valence-corrected chi connectivity index (χ0v) is 14.4. The fourth-order valence-electron chi connectivity index (χ4n) is 3.27. The number of carbonyl (C=O) groups is 1. The number of aliphatic hydroxyl groups excluding tert-OH is 2. The van der Waals surface area contributed by atoms with Gasteiger partial charge >= 0.3 is 0 Å². The van der Waals surface area contributed by atoms with E-state index in [-0.39, 0.29) is 30.7 Å². The minimum absolute atomic E-state index is 0.0101. The van der Waals surface area contributed by atoms with Gasteiger partial charge in [0.15, 0.2) is 11.6 Å². The fourth-order valence-corrected chi connectivity index (χ4v) is 3.27. The molecule has 1 amide bonds. The van der Waals surface area contributed by atoms with Crippen molar-refractivity contribution in [3.05, 3.63) is 47.5 Å². The SMILES string of the molecule is COc1ccc(C(NC(=O)c2ccnn2CCO)C2CC(O)C2)cc1F. The molecule has 1 atom stereocenters. The minimum atomic E-state index is -0.505. The third kappa shape index (κ3) is 3.71. The monoisotopic (exact) mass is 363 g/mol. The van der Waals surface area contributed by atoms with Gasteiger partial charge in [0, 0.05) is 6.20 Å². The number of rotatable bonds is 7. The first-order valence-electron chi connectivity index (χ1n) is 8.48. The van der Waals surface area contributed by atoms with Gasteiger partial charge in [-0.3, -0.25) is 9.48 Å². The summed E-state index contributed by atoms with van der Waals surface area (Å²) in [5, 5.41) is 25.6. The predicted octanol–water partition coefficient (Wildman–Crippen LogP) is 1.27. The van der Waals surface area contributed by atoms with Gasteiger partial charge in [-0.1, -0.05) is 6.07 Å². The van der Waals surface area contributed by atoms with Gasteiger partial charge in [0.1, 0.15) is 5.69 Å². The first kappa shape index (κ1) is 18.3. The lowest BCUT2D eigenvalue weighted by Gasteiger charge is -2.38. The minimum Gasteiger partial charge on any atom is -0.494 e. The van der Waals surface area contributed by atoms with Crippen molar-refractivity contribution in [2.24, 2.45) is 5.92 Å². The van der Waals surface area contributed by atoms with E-state index in [9.17, 15) is 14.3 Å². The zero-order chi connectivity index (χ0) is 18.7. The molecule has 1 heterocycles. The molecule has 1 aromatic heterocycles. The number of halogens is 1. The summed E-state index contributed by atoms with van der Waals surface area (Å²) in [6.45, 7) is 0.0730. The molecular weight excluding hydrogens is 341 g/mol. The van der Waals surface area contributed by atoms with Gasteiger partial charge in [-0.05, 0) is 42.5 Å². The van der Waals surface area contributed by atoms with Crippen molar-refractivity contribution in [1.29, 1.82) is 0 Å². The van der Waals surface area contributed by atoms with Crippen molar-refractivity contribution in [1.82, 2.24) is 15.1 Å². The molecule has 0 radical (unpaired) electrons. The lowest BCUT2D eigenvalue weighted by atomic mass is 9.75. The van der Waals surface area contributed by atoms with Crippen LogP contribution in [0.25, 0.3) is 0 Å². The number of nitrogens with zero attached hydrogens (tertiary/aromatic N) is 2. The molecule has 1 aromatic carbocycles. The number of amides is 1. The van der Waals surface area contributed by atoms with E-state index < -0.39 is 18.0 Å². The molecule has 1 unspecified atom stereocenters. The second-order valence-electron chi connectivity index (χ2n) is 6.39. The predicted molar refractivity (Wildman–Crippen MR) is 91.2 cm³/mol. The summed E-state index contributed by atoms with van der Waals surface area (Å²) in [7, 11) is 1.39. The third-order valence-electron chi connectivity index (χ3n) is 4.70. The van der Waals surface area contributed by atoms with E-state index in [1.165, 1.54) is 30.1 Å². The number of carbonyl (C=O) groups excluding carboxylic acids is 1. The highest BCUT2D eigenvalue weighted by Gasteiger charge is 2.36. The van der Waals surface area contributed by atoms with Gasteiger partial charge in [0.05, 0.1) is 32.4 Å². The first-order chi connectivity index (χ1) is 12.5. The van der Waals surface area contributed by atoms with Crippen LogP contribution in [0.2, 0.25) is 0 Å². The molecular formula is C18H22FN3O4. The molecule has 140 valence electrons. The highest BCUT2D eigenvalue weighted by molar-refractivity contribution is 5.92. The van der Waals surface area contributed by atoms with Crippen LogP contribution in [0.15, 0.2) is 30.5 Å². The summed E-state index contributed by atoms with van der Waals surface area (Å²) >= 11 is 0. The van der Waals surface area contributed by atoms with E-state index in [0.29, 0.717) is 24.1 Å². The second-order valence-corrected chi connectivity index (χ2v) is 6.39. The Bertz CT molecular complexity index is 774. The van der Waals surface area contributed by atoms with E-state index >= 15 is 0 Å². The molecule has 1 aliphatic carbocycles. The zero-order valence-electron chi connectivity index (χ0n) is 14.4. The van der Waals surface area contributed by atoms with Crippen molar-refractivity contribution in [2.45, 2.75) is 31.5 Å². The second kappa shape index (κ2) is 7.84. The molecule has 3 rings (SSSR count). The molecule has 1 saturated carbocycles. The van der Waals surface area contributed by atoms with Crippen molar-refractivity contribution in [3.63, 3.8) is 0 Å². The molecule has 0 spiro atoms. The maximum absolute atomic E-state index is 14.1. The van der Waals surface area contributed by atoms with Crippen molar-refractivity contribution >= 4 is 5.91 Å². The summed E-state index contributed by atoms with van der Waals surface area (Å²) in [6, 6.07) is 5.70. The standard InChI is InChI=1S/C18H22FN3O4/c1-26-16-3-2-11(10-14(16)19)17(12-8-13(24)9-12)21-18(25)15-4-5-20-22(15)6-7-23/h2-5,10,12-13,17,23-24H,6-9H2,1H3,(H,21,25). The summed E-state index contributed by atoms with van der Waals surface area (Å²) in [5.74, 6) is -0.725. The lowest BCUT2D eigenvalue weighted by Crippen LogP contribution is -2.42. The van der Waals surface area contributed by atoms with Crippen molar-refractivity contribution in [2.75, 3.05) is 13.7 Å². The van der Waals surface area contributed by atoms with Crippen LogP contribution in [0.5, 0.6) is 5.75 Å². The Balaban J connectivity index is 1.84. The number of benzene rings is 1. The fraction of sp³-hybridized carbons (Fsp3) is 0.444. The van der Waals surface area contributed by atoms with Gasteiger partial charge < -0.3 is 20.3 Å². The van der Waals surface area contributed by atoms with E-state index in [2.05, 4.69) is 10.4 Å². The van der Waals surface area contributed by atoms with Gasteiger partial charge in [0.25, 0.3) is 5.91 Å². The number of methoxy groups -OCH3 is 1. The number of nitrogens with one attached hydrogen (secondary N) is 1. The van der Waals surface area contributed by atoms with Crippen LogP contribution in [0.3, 0.4) is 0 Å². The number of aromatic nitrogens is 2. The van der Waals surface area contributed by atoms with Gasteiger partial charge in [-0.15, -0.1) is 0 Å². The highest BCUT2D eigenvalue weighted by Crippen LogP contribution is 2.39. The smallest absolute Gasteiger partial charge is 0.270 e. The summed E-state index contributed by atoms with van der Waals surface area (Å²) in [4.78, 5) is 12.7. The average Bonchev–Trinajstić information content (AvgIpc) is 3.06. The first-order valence-corrected chi connectivity index (χ1v) is 8.48. The van der Waals surface area contributed by atoms with E-state index in [1.807, 2.05) is 0 Å². The molecule has 0 bridgehead atoms. The Morgan fingerprint density at radius 3 is 2.85 bits per heavy atom. The molecule has 3 N–H and O–H groups in total. The normalized spacial score (nSPS) is 20.3. The average molecular weight is 363 g/mol. The Kier molecular flexibility index (Phi) is 5.53. The molecule has 1 aliphatic rings. The summed E-state index contributed by atoms with van der Waals surface area (Å²) in [6.07, 6.45) is 2.16. The molecule has 0 saturated heterocycles. The number of ether oxygens (including phenoxy) is 1. The van der Waals surface area contributed by atoms with Crippen LogP contribution in [0.4, 0.5) is 4.39 Å². The molecule has 26 heavy (non-hydrogen) atoms. The molecule has 1 fully saturated rings. The summed E-state index contributed by atoms with van der Waals surface area (Å²) < 4.78 is 20.5. The molecule has 2 aromatic rings. The summed E-state index contributed by atoms with van der Waals surface area (Å²) in [5.41, 5.74) is 0.930. The Morgan fingerprint density at radius 1 is 1.46 bits per heavy atom. The number of hydrogen-bond acceptors (Lipinski definition) is 5. The van der Waals surface area contributed by atoms with Crippen LogP contribution in [-0.4, -0.2) is 45.7 Å². The maximum atomic E-state index is 14.1. The van der Waals surface area contributed by atoms with Crippen LogP contribution in [0, 0.1) is 11.7 Å². The largest absolute Gasteiger partial charge is 0.494 e. The van der Waals surface area contributed by atoms with Crippen molar-refractivity contribution in [3.8, 4) is 5.75 Å². The van der Waals surface area contributed by atoms with Crippen LogP contribution in [0.1, 0.15) is 34.9 Å². The van der Waals surface area contributed by atoms with Crippen LogP contribution in [-0.2, 0) is 6.54 Å². The lowest BCUT2D eigenvalue weighted by molar-refractivity contribution is 0.0233. The maximum Gasteiger partial charge on any atom is 0.270 e. The van der Waals surface area contributed by atoms with Gasteiger partial charge in [-0.25, -0.2) is 4.39 Å². The van der Waals surface area contributed by atoms with E-state index in [4.69, 9.17) is 9.84 Å². The third-order valence-corrected chi connectivity index (χ3v) is 4.70. The van der Waals surface area contributed by atoms with Crippen LogP contribution < -0.4 is 10.1 Å². The van der Waals surface area contributed by atoms with E-state index in [0.717, 1.165) is 0 Å². The Morgan fingerprint density at radius 2 is 2.23 bits per heavy atom. The van der Waals surface area contributed by atoms with Crippen LogP contribution >= 0.6 is 0 Å². The van der Waals surface area contributed by atoms with Gasteiger partial charge in [-0.2, -0.15) is 5.10 Å². The quantitative estimate of drug-likeness (QED) is 0.688. The van der Waals surface area contributed by atoms with E-state index in [1.54, 1.807) is 12.1 Å². The molecule has 8 heteroatoms. The highest BCUT2D eigenvalue weighted by atomic mass is 19.1. The van der Waals surface area contributed by atoms with Crippen molar-refractivity contribution < 1.29 is 24.1 Å². The molecule has 7 nitrogen and oxygen atoms in total. The Hall–Kier alpha value is -2.45. The number of aliphatic hydroxyl groups is 2. The Labute approximate surface area is 150 Å². The topological polar surface area (TPSA) is 96.6 Å². The number of hydrogen-bond donors (Lipinski definition) is 3. The molecule has 0 aliphatic heterocycles. The van der Waals surface area contributed by atoms with Gasteiger partial charge in [0.2, 0.25) is 0 Å².